The van der Waals surface area contributed by atoms with E-state index in [1.807, 2.05) is 0 Å². The van der Waals surface area contributed by atoms with Gasteiger partial charge in [-0.2, -0.15) is 0 Å². The molecule has 0 aliphatic heterocycles. The van der Waals surface area contributed by atoms with Gasteiger partial charge < -0.3 is 0 Å². The fraction of sp³-hybridized carbons (Fsp3) is 0.333. The van der Waals surface area contributed by atoms with Gasteiger partial charge in [-0.1, -0.05) is 0 Å². The summed E-state index contributed by atoms with van der Waals surface area (Å²) in [5.41, 5.74) is 0. The van der Waals surface area contributed by atoms with E-state index in [1.165, 1.54) is 0 Å². The summed E-state index contributed by atoms with van der Waals surface area (Å²) in [4.78, 5) is 6.73. The minimum absolute atomic E-state index is 0.354. The SMILES string of the molecule is CS(=O)(=O)c1c[c]nc(S(C)(=O)=O)n1. The molecule has 0 amide bonds. The van der Waals surface area contributed by atoms with Gasteiger partial charge in [-0.25, -0.2) is 26.8 Å². The van der Waals surface area contributed by atoms with Crippen LogP contribution < -0.4 is 0 Å². The molecule has 0 N–H and O–H groups in total. The van der Waals surface area contributed by atoms with E-state index in [0.717, 1.165) is 18.6 Å². The Labute approximate surface area is 81.9 Å². The zero-order valence-corrected chi connectivity index (χ0v) is 9.05. The fourth-order valence-corrected chi connectivity index (χ4v) is 1.71. The maximum absolute atomic E-state index is 11.0. The Kier molecular flexibility index (Phi) is 2.59. The monoisotopic (exact) mass is 235 g/mol. The van der Waals surface area contributed by atoms with Crippen molar-refractivity contribution in [2.24, 2.45) is 0 Å². The minimum atomic E-state index is -3.60. The van der Waals surface area contributed by atoms with Crippen LogP contribution in [0.25, 0.3) is 0 Å². The van der Waals surface area contributed by atoms with Crippen LogP contribution >= 0.6 is 0 Å². The number of hydrogen-bond acceptors (Lipinski definition) is 6. The van der Waals surface area contributed by atoms with E-state index in [0.29, 0.717) is 0 Å². The van der Waals surface area contributed by atoms with Crippen molar-refractivity contribution in [1.82, 2.24) is 9.97 Å². The first kappa shape index (κ1) is 11.1. The minimum Gasteiger partial charge on any atom is -0.222 e. The second-order valence-corrected chi connectivity index (χ2v) is 6.53. The second kappa shape index (κ2) is 3.28. The van der Waals surface area contributed by atoms with Crippen LogP contribution in [0.4, 0.5) is 0 Å². The van der Waals surface area contributed by atoms with Gasteiger partial charge in [-0.15, -0.1) is 0 Å². The lowest BCUT2D eigenvalue weighted by molar-refractivity contribution is 0.584. The number of sulfone groups is 2. The van der Waals surface area contributed by atoms with Crippen molar-refractivity contribution in [2.75, 3.05) is 12.5 Å². The quantitative estimate of drug-likeness (QED) is 0.486. The largest absolute Gasteiger partial charge is 0.248 e. The van der Waals surface area contributed by atoms with Gasteiger partial charge >= 0.3 is 0 Å². The lowest BCUT2D eigenvalue weighted by Crippen LogP contribution is -2.08. The van der Waals surface area contributed by atoms with Gasteiger partial charge in [0.25, 0.3) is 0 Å². The Morgan fingerprint density at radius 3 is 2.14 bits per heavy atom. The molecule has 0 spiro atoms. The van der Waals surface area contributed by atoms with Gasteiger partial charge in [-0.05, 0) is 0 Å². The molecule has 1 aromatic heterocycles. The number of rotatable bonds is 2. The molecule has 8 heteroatoms. The highest BCUT2D eigenvalue weighted by molar-refractivity contribution is 7.91. The molecule has 14 heavy (non-hydrogen) atoms. The maximum Gasteiger partial charge on any atom is 0.248 e. The van der Waals surface area contributed by atoms with Crippen molar-refractivity contribution >= 4 is 19.7 Å². The van der Waals surface area contributed by atoms with Crippen LogP contribution in [-0.4, -0.2) is 39.3 Å². The van der Waals surface area contributed by atoms with Gasteiger partial charge in [0.05, 0.1) is 6.20 Å². The molecule has 0 bridgehead atoms. The molecule has 0 atom stereocenters. The molecule has 1 aromatic rings. The van der Waals surface area contributed by atoms with Crippen molar-refractivity contribution in [3.05, 3.63) is 12.3 Å². The normalized spacial score (nSPS) is 12.7. The summed E-state index contributed by atoms with van der Waals surface area (Å²) in [6.07, 6.45) is 3.99. The highest BCUT2D eigenvalue weighted by atomic mass is 32.2. The van der Waals surface area contributed by atoms with Gasteiger partial charge in [-0.3, -0.25) is 0 Å². The topological polar surface area (TPSA) is 94.1 Å². The van der Waals surface area contributed by atoms with E-state index >= 15 is 0 Å². The molecule has 77 valence electrons. The van der Waals surface area contributed by atoms with Crippen LogP contribution in [0.1, 0.15) is 0 Å². The number of aromatic nitrogens is 2. The third-order valence-electron chi connectivity index (χ3n) is 1.27. The Morgan fingerprint density at radius 1 is 1.14 bits per heavy atom. The molecule has 0 saturated carbocycles. The third kappa shape index (κ3) is 2.48. The molecule has 1 rings (SSSR count). The van der Waals surface area contributed by atoms with Crippen molar-refractivity contribution < 1.29 is 16.8 Å². The molecular weight excluding hydrogens is 228 g/mol. The highest BCUT2D eigenvalue weighted by Crippen LogP contribution is 2.06. The first-order valence-corrected chi connectivity index (χ1v) is 7.15. The summed E-state index contributed by atoms with van der Waals surface area (Å²) in [6, 6.07) is 1.02. The molecule has 6 nitrogen and oxygen atoms in total. The molecule has 0 aromatic carbocycles. The lowest BCUT2D eigenvalue weighted by atomic mass is 10.7. The van der Waals surface area contributed by atoms with Gasteiger partial charge in [0.1, 0.15) is 0 Å². The van der Waals surface area contributed by atoms with E-state index in [-0.39, 0.29) is 5.03 Å². The number of nitrogens with zero attached hydrogens (tertiary/aromatic N) is 2. The molecule has 0 aliphatic rings. The van der Waals surface area contributed by atoms with Crippen molar-refractivity contribution in [3.8, 4) is 0 Å². The van der Waals surface area contributed by atoms with Crippen LogP contribution in [0.5, 0.6) is 0 Å². The smallest absolute Gasteiger partial charge is 0.222 e. The van der Waals surface area contributed by atoms with Gasteiger partial charge in [0.15, 0.2) is 14.9 Å². The van der Waals surface area contributed by atoms with E-state index < -0.39 is 24.8 Å². The van der Waals surface area contributed by atoms with E-state index in [1.54, 1.807) is 0 Å². The summed E-state index contributed by atoms with van der Waals surface area (Å²) >= 11 is 0. The van der Waals surface area contributed by atoms with Gasteiger partial charge in [0.2, 0.25) is 15.0 Å². The Morgan fingerprint density at radius 2 is 1.71 bits per heavy atom. The average Bonchev–Trinajstić information content (AvgIpc) is 2.01. The van der Waals surface area contributed by atoms with Crippen LogP contribution in [0.2, 0.25) is 0 Å². The first-order valence-electron chi connectivity index (χ1n) is 3.36. The Bertz CT molecular complexity index is 500. The summed E-state index contributed by atoms with van der Waals surface area (Å²) < 4.78 is 44.0. The number of hydrogen-bond donors (Lipinski definition) is 0. The predicted octanol–water partition coefficient (Wildman–Crippen LogP) is -0.916. The summed E-state index contributed by atoms with van der Waals surface area (Å²) in [6.45, 7) is 0. The van der Waals surface area contributed by atoms with Gasteiger partial charge in [0, 0.05) is 18.6 Å². The van der Waals surface area contributed by atoms with E-state index in [2.05, 4.69) is 16.2 Å². The van der Waals surface area contributed by atoms with Crippen LogP contribution in [0.3, 0.4) is 0 Å². The standard InChI is InChI=1S/C6H7N2O4S2/c1-13(9,10)5-3-4-7-6(8-5)14(2,11)12/h3H,1-2H3. The van der Waals surface area contributed by atoms with Crippen LogP contribution in [-0.2, 0) is 19.7 Å². The third-order valence-corrected chi connectivity index (χ3v) is 3.08. The zero-order chi connectivity index (χ0) is 11.0. The second-order valence-electron chi connectivity index (χ2n) is 2.66. The molecule has 0 fully saturated rings. The molecule has 1 radical (unpaired) electrons. The van der Waals surface area contributed by atoms with Crippen LogP contribution in [0.15, 0.2) is 16.2 Å². The molecular formula is C6H7N2O4S2. The summed E-state index contributed by atoms with van der Waals surface area (Å²) in [5.74, 6) is 0. The fourth-order valence-electron chi connectivity index (χ4n) is 0.650. The molecule has 0 saturated heterocycles. The Balaban J connectivity index is 3.44. The Hall–Kier alpha value is -1.02. The van der Waals surface area contributed by atoms with Crippen molar-refractivity contribution in [3.63, 3.8) is 0 Å². The first-order chi connectivity index (χ1) is 6.21. The van der Waals surface area contributed by atoms with Crippen molar-refractivity contribution in [1.29, 1.82) is 0 Å². The van der Waals surface area contributed by atoms with E-state index in [4.69, 9.17) is 0 Å². The zero-order valence-electron chi connectivity index (χ0n) is 7.42. The lowest BCUT2D eigenvalue weighted by Gasteiger charge is -1.98. The maximum atomic E-state index is 11.0. The van der Waals surface area contributed by atoms with E-state index in [9.17, 15) is 16.8 Å². The summed E-state index contributed by atoms with van der Waals surface area (Å²) in [5, 5.41) is -0.895. The molecule has 0 aliphatic carbocycles. The predicted molar refractivity (Wildman–Crippen MR) is 47.1 cm³/mol. The van der Waals surface area contributed by atoms with Crippen LogP contribution in [0, 0.1) is 6.20 Å². The molecule has 0 unspecified atom stereocenters. The summed E-state index contributed by atoms with van der Waals surface area (Å²) in [7, 11) is -7.14. The average molecular weight is 235 g/mol. The highest BCUT2D eigenvalue weighted by Gasteiger charge is 2.15. The molecule has 1 heterocycles. The van der Waals surface area contributed by atoms with Crippen molar-refractivity contribution in [2.45, 2.75) is 10.2 Å².